The fraction of sp³-hybridized carbons (Fsp3) is 1.00. The maximum absolute atomic E-state index is 8.98. The molecule has 0 radical (unpaired) electrons. The first-order chi connectivity index (χ1) is 4.02. The van der Waals surface area contributed by atoms with Crippen molar-refractivity contribution >= 4 is 7.94 Å². The van der Waals surface area contributed by atoms with Gasteiger partial charge >= 0.3 is 53.0 Å². The molecule has 1 aliphatic heterocycles. The molecule has 2 atom stereocenters. The Kier molecular flexibility index (Phi) is 1.76. The summed E-state index contributed by atoms with van der Waals surface area (Å²) in [6.07, 6.45) is -0.471. The predicted octanol–water partition coefficient (Wildman–Crippen LogP) is 0.205. The van der Waals surface area contributed by atoms with Crippen LogP contribution in [0, 0.1) is 0 Å². The van der Waals surface area contributed by atoms with Gasteiger partial charge in [-0.1, -0.05) is 0 Å². The minimum absolute atomic E-state index is 0.471. The molecular weight excluding hydrogens is 143 g/mol. The van der Waals surface area contributed by atoms with Crippen LogP contribution in [-0.2, 0) is 9.26 Å². The van der Waals surface area contributed by atoms with Gasteiger partial charge in [0.25, 0.3) is 0 Å². The molecule has 1 aliphatic rings. The van der Waals surface area contributed by atoms with Gasteiger partial charge in [-0.3, -0.25) is 0 Å². The van der Waals surface area contributed by atoms with E-state index in [9.17, 15) is 0 Å². The Labute approximate surface area is 54.0 Å². The molecule has 0 aromatic heterocycles. The summed E-state index contributed by atoms with van der Waals surface area (Å²) in [5, 5.41) is 0. The van der Waals surface area contributed by atoms with Gasteiger partial charge in [0, 0.05) is 0 Å². The first-order valence-corrected chi connectivity index (χ1v) is 4.68. The molecular formula is C4H11O4P. The van der Waals surface area contributed by atoms with E-state index in [0.29, 0.717) is 0 Å². The van der Waals surface area contributed by atoms with E-state index in [1.807, 2.05) is 0 Å². The van der Waals surface area contributed by atoms with Crippen LogP contribution in [0.15, 0.2) is 0 Å². The molecule has 0 aromatic rings. The van der Waals surface area contributed by atoms with E-state index in [1.165, 1.54) is 0 Å². The summed E-state index contributed by atoms with van der Waals surface area (Å²) in [4.78, 5) is 18.0. The van der Waals surface area contributed by atoms with Gasteiger partial charge < -0.3 is 0 Å². The van der Waals surface area contributed by atoms with Crippen LogP contribution in [0.2, 0.25) is 0 Å². The van der Waals surface area contributed by atoms with Crippen molar-refractivity contribution in [2.75, 3.05) is 0 Å². The van der Waals surface area contributed by atoms with Gasteiger partial charge in [0.05, 0.1) is 0 Å². The van der Waals surface area contributed by atoms with Crippen molar-refractivity contribution in [3.63, 3.8) is 0 Å². The van der Waals surface area contributed by atoms with Crippen LogP contribution in [0.3, 0.4) is 0 Å². The molecule has 2 N–H and O–H groups in total. The fourth-order valence-corrected chi connectivity index (χ4v) is 1.85. The van der Waals surface area contributed by atoms with E-state index in [1.54, 1.807) is 13.8 Å². The molecule has 0 aromatic carbocycles. The zero-order valence-corrected chi connectivity index (χ0v) is 6.37. The van der Waals surface area contributed by atoms with Gasteiger partial charge in [-0.05, 0) is 0 Å². The van der Waals surface area contributed by atoms with Gasteiger partial charge in [0.15, 0.2) is 0 Å². The molecule has 0 aliphatic carbocycles. The Morgan fingerprint density at radius 3 is 2.00 bits per heavy atom. The fourth-order valence-electron chi connectivity index (χ4n) is 0.744. The average Bonchev–Trinajstić information content (AvgIpc) is 1.79. The zero-order valence-electron chi connectivity index (χ0n) is 5.37. The third-order valence-corrected chi connectivity index (χ3v) is 3.14. The molecule has 0 spiro atoms. The van der Waals surface area contributed by atoms with E-state index in [4.69, 9.17) is 14.5 Å². The van der Waals surface area contributed by atoms with E-state index in [0.717, 1.165) is 0 Å². The Morgan fingerprint density at radius 2 is 1.89 bits per heavy atom. The molecule has 56 valence electrons. The third-order valence-electron chi connectivity index (χ3n) is 1.26. The van der Waals surface area contributed by atoms with Crippen molar-refractivity contribution in [3.8, 4) is 0 Å². The molecule has 1 fully saturated rings. The first kappa shape index (κ1) is 7.38. The van der Waals surface area contributed by atoms with Crippen LogP contribution in [0.1, 0.15) is 13.8 Å². The molecule has 1 saturated heterocycles. The molecule has 1 rings (SSSR count). The number of ether oxygens (including phenoxy) is 1. The predicted molar refractivity (Wildman–Crippen MR) is 33.8 cm³/mol. The second-order valence-corrected chi connectivity index (χ2v) is 4.49. The molecule has 1 heterocycles. The van der Waals surface area contributed by atoms with Crippen molar-refractivity contribution in [1.29, 1.82) is 0 Å². The second-order valence-electron chi connectivity index (χ2n) is 2.12. The molecule has 0 saturated carbocycles. The first-order valence-electron chi connectivity index (χ1n) is 2.80. The molecule has 2 unspecified atom stereocenters. The summed E-state index contributed by atoms with van der Waals surface area (Å²) in [6.45, 7) is 3.23. The third kappa shape index (κ3) is 1.39. The SMILES string of the molecule is CC1OC(C)[PH](O)(O)O1. The monoisotopic (exact) mass is 154 g/mol. The van der Waals surface area contributed by atoms with Crippen molar-refractivity contribution in [3.05, 3.63) is 0 Å². The zero-order chi connectivity index (χ0) is 7.07. The van der Waals surface area contributed by atoms with Crippen LogP contribution in [-0.4, -0.2) is 21.9 Å². The summed E-state index contributed by atoms with van der Waals surface area (Å²) in [5.41, 5.74) is 0. The van der Waals surface area contributed by atoms with Gasteiger partial charge in [-0.15, -0.1) is 0 Å². The van der Waals surface area contributed by atoms with Gasteiger partial charge in [-0.2, -0.15) is 0 Å². The Balaban J connectivity index is 2.58. The molecule has 9 heavy (non-hydrogen) atoms. The van der Waals surface area contributed by atoms with Crippen LogP contribution >= 0.6 is 7.94 Å². The summed E-state index contributed by atoms with van der Waals surface area (Å²) in [6, 6.07) is 0. The van der Waals surface area contributed by atoms with Crippen molar-refractivity contribution in [1.82, 2.24) is 0 Å². The average molecular weight is 154 g/mol. The summed E-state index contributed by atoms with van der Waals surface area (Å²) < 4.78 is 9.60. The summed E-state index contributed by atoms with van der Waals surface area (Å²) in [7, 11) is -3.43. The second kappa shape index (κ2) is 2.15. The van der Waals surface area contributed by atoms with Crippen LogP contribution in [0.4, 0.5) is 0 Å². The van der Waals surface area contributed by atoms with Crippen LogP contribution < -0.4 is 0 Å². The van der Waals surface area contributed by atoms with Crippen LogP contribution in [0.5, 0.6) is 0 Å². The van der Waals surface area contributed by atoms with Crippen molar-refractivity contribution in [2.24, 2.45) is 0 Å². The van der Waals surface area contributed by atoms with Crippen molar-refractivity contribution in [2.45, 2.75) is 26.0 Å². The number of hydrogen-bond donors (Lipinski definition) is 2. The molecule has 0 bridgehead atoms. The quantitative estimate of drug-likeness (QED) is 0.489. The van der Waals surface area contributed by atoms with Gasteiger partial charge in [0.2, 0.25) is 0 Å². The summed E-state index contributed by atoms with van der Waals surface area (Å²) >= 11 is 0. The maximum atomic E-state index is 8.98. The molecule has 0 amide bonds. The van der Waals surface area contributed by atoms with Gasteiger partial charge in [-0.25, -0.2) is 0 Å². The normalized spacial score (nSPS) is 44.9. The minimum atomic E-state index is -3.43. The Hall–Kier alpha value is 0.270. The van der Waals surface area contributed by atoms with Crippen molar-refractivity contribution < 1.29 is 19.0 Å². The number of rotatable bonds is 0. The standard InChI is InChI=1S/C4H11O4P/c1-3-7-4(2)9(5,6)8-3/h3-6,9H,1-2H3. The number of hydrogen-bond acceptors (Lipinski definition) is 4. The van der Waals surface area contributed by atoms with Crippen LogP contribution in [0.25, 0.3) is 0 Å². The van der Waals surface area contributed by atoms with E-state index in [-0.39, 0.29) is 0 Å². The Morgan fingerprint density at radius 1 is 1.33 bits per heavy atom. The molecule has 4 nitrogen and oxygen atoms in total. The topological polar surface area (TPSA) is 58.9 Å². The summed E-state index contributed by atoms with van der Waals surface area (Å²) in [5.74, 6) is -0.535. The van der Waals surface area contributed by atoms with Gasteiger partial charge in [0.1, 0.15) is 0 Å². The van der Waals surface area contributed by atoms with E-state index in [2.05, 4.69) is 4.52 Å². The Bertz CT molecular complexity index is 115. The van der Waals surface area contributed by atoms with E-state index < -0.39 is 20.1 Å². The molecule has 5 heteroatoms. The van der Waals surface area contributed by atoms with E-state index >= 15 is 0 Å².